The van der Waals surface area contributed by atoms with E-state index < -0.39 is 5.97 Å². The Morgan fingerprint density at radius 1 is 1.48 bits per heavy atom. The number of rotatable bonds is 7. The number of ether oxygens (including phenoxy) is 1. The zero-order valence-electron chi connectivity index (χ0n) is 11.5. The largest absolute Gasteiger partial charge is 0.481 e. The number of halogens is 1. The number of hydrogen-bond acceptors (Lipinski definition) is 4. The normalized spacial score (nSPS) is 10.8. The van der Waals surface area contributed by atoms with E-state index >= 15 is 0 Å². The molecule has 2 aromatic rings. The number of aromatic nitrogens is 2. The maximum atomic E-state index is 10.7. The number of benzene rings is 1. The van der Waals surface area contributed by atoms with E-state index in [9.17, 15) is 4.79 Å². The highest BCUT2D eigenvalue weighted by molar-refractivity contribution is 7.99. The summed E-state index contributed by atoms with van der Waals surface area (Å²) in [5.41, 5.74) is 1.78. The number of thioether (sulfide) groups is 1. The Morgan fingerprint density at radius 3 is 2.95 bits per heavy atom. The summed E-state index contributed by atoms with van der Waals surface area (Å²) in [6.45, 7) is 0.926. The van der Waals surface area contributed by atoms with Gasteiger partial charge in [0, 0.05) is 12.1 Å². The minimum Gasteiger partial charge on any atom is -0.481 e. The smallest absolute Gasteiger partial charge is 0.313 e. The molecule has 0 bridgehead atoms. The van der Waals surface area contributed by atoms with E-state index in [-0.39, 0.29) is 5.75 Å². The van der Waals surface area contributed by atoms with Crippen molar-refractivity contribution in [1.82, 2.24) is 9.78 Å². The summed E-state index contributed by atoms with van der Waals surface area (Å²) in [4.78, 5) is 10.7. The first-order valence-electron chi connectivity index (χ1n) is 6.23. The van der Waals surface area contributed by atoms with Gasteiger partial charge in [-0.05, 0) is 23.8 Å². The van der Waals surface area contributed by atoms with Crippen LogP contribution in [-0.4, -0.2) is 33.7 Å². The SMILES string of the molecule is COCc1cc(SCC(=O)O)n(Cc2cccc(Cl)c2)n1. The number of aliphatic carboxylic acids is 1. The molecule has 0 aliphatic heterocycles. The third-order valence-electron chi connectivity index (χ3n) is 2.65. The third-order valence-corrected chi connectivity index (χ3v) is 3.90. The van der Waals surface area contributed by atoms with Gasteiger partial charge in [-0.3, -0.25) is 9.48 Å². The van der Waals surface area contributed by atoms with Crippen molar-refractivity contribution >= 4 is 29.3 Å². The molecule has 0 amide bonds. The zero-order valence-corrected chi connectivity index (χ0v) is 13.0. The molecule has 0 fully saturated rings. The van der Waals surface area contributed by atoms with Gasteiger partial charge in [-0.2, -0.15) is 5.10 Å². The number of nitrogens with zero attached hydrogens (tertiary/aromatic N) is 2. The molecule has 21 heavy (non-hydrogen) atoms. The molecule has 0 unspecified atom stereocenters. The molecule has 0 aliphatic rings. The van der Waals surface area contributed by atoms with Gasteiger partial charge in [0.25, 0.3) is 0 Å². The van der Waals surface area contributed by atoms with Crippen LogP contribution in [-0.2, 0) is 22.7 Å². The van der Waals surface area contributed by atoms with Crippen molar-refractivity contribution in [2.75, 3.05) is 12.9 Å². The topological polar surface area (TPSA) is 64.3 Å². The van der Waals surface area contributed by atoms with Gasteiger partial charge < -0.3 is 9.84 Å². The van der Waals surface area contributed by atoms with Crippen LogP contribution in [0.3, 0.4) is 0 Å². The molecule has 1 N–H and O–H groups in total. The van der Waals surface area contributed by atoms with Crippen LogP contribution in [0.15, 0.2) is 35.4 Å². The highest BCUT2D eigenvalue weighted by Crippen LogP contribution is 2.21. The fourth-order valence-electron chi connectivity index (χ4n) is 1.84. The van der Waals surface area contributed by atoms with Gasteiger partial charge in [0.2, 0.25) is 0 Å². The summed E-state index contributed by atoms with van der Waals surface area (Å²) in [5.74, 6) is -0.864. The van der Waals surface area contributed by atoms with Gasteiger partial charge in [0.15, 0.2) is 0 Å². The monoisotopic (exact) mass is 326 g/mol. The van der Waals surface area contributed by atoms with E-state index in [1.807, 2.05) is 30.3 Å². The highest BCUT2D eigenvalue weighted by atomic mass is 35.5. The summed E-state index contributed by atoms with van der Waals surface area (Å²) in [7, 11) is 1.60. The van der Waals surface area contributed by atoms with Gasteiger partial charge in [0.1, 0.15) is 0 Å². The molecule has 2 rings (SSSR count). The lowest BCUT2D eigenvalue weighted by Gasteiger charge is -2.06. The van der Waals surface area contributed by atoms with Crippen LogP contribution in [0.1, 0.15) is 11.3 Å². The number of carboxylic acid groups (broad SMARTS) is 1. The van der Waals surface area contributed by atoms with Crippen LogP contribution in [0.2, 0.25) is 5.02 Å². The fourth-order valence-corrected chi connectivity index (χ4v) is 2.80. The number of carbonyl (C=O) groups is 1. The molecule has 0 aliphatic carbocycles. The molecule has 0 saturated carbocycles. The lowest BCUT2D eigenvalue weighted by molar-refractivity contribution is -0.133. The molecular formula is C14H15ClN2O3S. The molecule has 7 heteroatoms. The molecule has 0 atom stereocenters. The van der Waals surface area contributed by atoms with Gasteiger partial charge in [-0.25, -0.2) is 0 Å². The van der Waals surface area contributed by atoms with Gasteiger partial charge in [-0.15, -0.1) is 0 Å². The van der Waals surface area contributed by atoms with Gasteiger partial charge >= 0.3 is 5.97 Å². The Bertz CT molecular complexity index is 630. The number of carboxylic acids is 1. The van der Waals surface area contributed by atoms with Crippen molar-refractivity contribution in [3.8, 4) is 0 Å². The summed E-state index contributed by atoms with van der Waals surface area (Å²) in [6.07, 6.45) is 0. The Hall–Kier alpha value is -1.50. The van der Waals surface area contributed by atoms with Crippen molar-refractivity contribution < 1.29 is 14.6 Å². The van der Waals surface area contributed by atoms with Crippen LogP contribution in [0.25, 0.3) is 0 Å². The van der Waals surface area contributed by atoms with E-state index in [2.05, 4.69) is 5.10 Å². The average Bonchev–Trinajstić information content (AvgIpc) is 2.79. The predicted octanol–water partition coefficient (Wildman–Crippen LogP) is 2.91. The number of methoxy groups -OCH3 is 1. The Kier molecular flexibility index (Phi) is 5.67. The van der Waals surface area contributed by atoms with E-state index in [1.54, 1.807) is 11.8 Å². The lowest BCUT2D eigenvalue weighted by Crippen LogP contribution is -2.06. The second kappa shape index (κ2) is 7.49. The van der Waals surface area contributed by atoms with Crippen molar-refractivity contribution in [3.05, 3.63) is 46.6 Å². The predicted molar refractivity (Wildman–Crippen MR) is 81.9 cm³/mol. The molecule has 0 saturated heterocycles. The Balaban J connectivity index is 2.20. The van der Waals surface area contributed by atoms with E-state index in [4.69, 9.17) is 21.4 Å². The van der Waals surface area contributed by atoms with Gasteiger partial charge in [-0.1, -0.05) is 35.5 Å². The molecule has 1 aromatic heterocycles. The van der Waals surface area contributed by atoms with E-state index in [0.717, 1.165) is 16.3 Å². The standard InChI is InChI=1S/C14H15ClN2O3S/c1-20-8-12-6-13(21-9-14(18)19)17(16-12)7-10-3-2-4-11(15)5-10/h2-6H,7-9H2,1H3,(H,18,19). The lowest BCUT2D eigenvalue weighted by atomic mass is 10.2. The Labute approximate surface area is 131 Å². The van der Waals surface area contributed by atoms with Crippen LogP contribution in [0, 0.1) is 0 Å². The molecular weight excluding hydrogens is 312 g/mol. The molecule has 112 valence electrons. The van der Waals surface area contributed by atoms with Crippen molar-refractivity contribution in [3.63, 3.8) is 0 Å². The fraction of sp³-hybridized carbons (Fsp3) is 0.286. The van der Waals surface area contributed by atoms with E-state index in [0.29, 0.717) is 18.2 Å². The van der Waals surface area contributed by atoms with Crippen molar-refractivity contribution in [1.29, 1.82) is 0 Å². The second-order valence-corrected chi connectivity index (χ2v) is 5.81. The molecule has 1 heterocycles. The molecule has 1 aromatic carbocycles. The minimum absolute atomic E-state index is 0.00629. The maximum absolute atomic E-state index is 10.7. The van der Waals surface area contributed by atoms with Crippen LogP contribution < -0.4 is 0 Å². The van der Waals surface area contributed by atoms with E-state index in [1.165, 1.54) is 11.8 Å². The molecule has 5 nitrogen and oxygen atoms in total. The first kappa shape index (κ1) is 15.9. The van der Waals surface area contributed by atoms with Crippen LogP contribution in [0.5, 0.6) is 0 Å². The van der Waals surface area contributed by atoms with Crippen molar-refractivity contribution in [2.24, 2.45) is 0 Å². The van der Waals surface area contributed by atoms with Crippen molar-refractivity contribution in [2.45, 2.75) is 18.2 Å². The molecule has 0 spiro atoms. The first-order chi connectivity index (χ1) is 10.1. The first-order valence-corrected chi connectivity index (χ1v) is 7.59. The summed E-state index contributed by atoms with van der Waals surface area (Å²) < 4.78 is 6.84. The highest BCUT2D eigenvalue weighted by Gasteiger charge is 2.11. The molecule has 0 radical (unpaired) electrons. The second-order valence-electron chi connectivity index (χ2n) is 4.38. The third kappa shape index (κ3) is 4.77. The Morgan fingerprint density at radius 2 is 2.29 bits per heavy atom. The number of hydrogen-bond donors (Lipinski definition) is 1. The maximum Gasteiger partial charge on any atom is 0.313 e. The summed E-state index contributed by atoms with van der Waals surface area (Å²) >= 11 is 7.21. The minimum atomic E-state index is -0.858. The van der Waals surface area contributed by atoms with Crippen LogP contribution >= 0.6 is 23.4 Å². The average molecular weight is 327 g/mol. The quantitative estimate of drug-likeness (QED) is 0.793. The summed E-state index contributed by atoms with van der Waals surface area (Å²) in [6, 6.07) is 9.35. The van der Waals surface area contributed by atoms with Crippen LogP contribution in [0.4, 0.5) is 0 Å². The zero-order chi connectivity index (χ0) is 15.2. The van der Waals surface area contributed by atoms with Gasteiger partial charge in [0.05, 0.1) is 29.6 Å². The summed E-state index contributed by atoms with van der Waals surface area (Å²) in [5, 5.41) is 14.7.